The van der Waals surface area contributed by atoms with Crippen LogP contribution in [0.3, 0.4) is 0 Å². The zero-order valence-electron chi connectivity index (χ0n) is 21.4. The minimum Gasteiger partial charge on any atom is -0.507 e. The maximum atomic E-state index is 13.7. The van der Waals surface area contributed by atoms with E-state index in [0.29, 0.717) is 24.1 Å². The van der Waals surface area contributed by atoms with Crippen molar-refractivity contribution in [3.8, 4) is 5.75 Å². The SMILES string of the molecule is Cc1ccccc1NC(=O)C(c1cccc(C)c1O)N(C(=O)C(CO)NC(=O)OC(C)(C)C)C1CC1. The Kier molecular flexibility index (Phi) is 8.24. The van der Waals surface area contributed by atoms with Gasteiger partial charge in [0.2, 0.25) is 5.91 Å². The van der Waals surface area contributed by atoms with Crippen LogP contribution in [0.1, 0.15) is 56.3 Å². The second kappa shape index (κ2) is 11.0. The smallest absolute Gasteiger partial charge is 0.408 e. The monoisotopic (exact) mass is 497 g/mol. The lowest BCUT2D eigenvalue weighted by atomic mass is 9.99. The van der Waals surface area contributed by atoms with E-state index in [2.05, 4.69) is 10.6 Å². The number of phenolic OH excluding ortho intramolecular Hbond substituents is 1. The third kappa shape index (κ3) is 6.54. The molecule has 1 aliphatic rings. The van der Waals surface area contributed by atoms with Gasteiger partial charge in [0.15, 0.2) is 0 Å². The fourth-order valence-corrected chi connectivity index (χ4v) is 3.92. The molecule has 36 heavy (non-hydrogen) atoms. The Balaban J connectivity index is 2.00. The van der Waals surface area contributed by atoms with E-state index in [1.165, 1.54) is 4.90 Å². The molecule has 4 N–H and O–H groups in total. The zero-order chi connectivity index (χ0) is 26.6. The predicted octanol–water partition coefficient (Wildman–Crippen LogP) is 3.57. The fraction of sp³-hybridized carbons (Fsp3) is 0.444. The molecule has 3 rings (SSSR count). The molecule has 2 atom stereocenters. The van der Waals surface area contributed by atoms with Gasteiger partial charge in [0.25, 0.3) is 5.91 Å². The molecule has 194 valence electrons. The summed E-state index contributed by atoms with van der Waals surface area (Å²) in [5, 5.41) is 26.2. The van der Waals surface area contributed by atoms with Gasteiger partial charge in [-0.05, 0) is 64.7 Å². The molecule has 2 aromatic carbocycles. The number of rotatable bonds is 8. The number of nitrogens with one attached hydrogen (secondary N) is 2. The summed E-state index contributed by atoms with van der Waals surface area (Å²) in [6, 6.07) is 9.44. The van der Waals surface area contributed by atoms with Crippen LogP contribution in [-0.4, -0.2) is 57.3 Å². The molecule has 9 heteroatoms. The quantitative estimate of drug-likeness (QED) is 0.442. The van der Waals surface area contributed by atoms with E-state index < -0.39 is 42.2 Å². The Morgan fingerprint density at radius 1 is 1.06 bits per heavy atom. The number of hydrogen-bond donors (Lipinski definition) is 4. The minimum absolute atomic E-state index is 0.0958. The molecule has 0 spiro atoms. The van der Waals surface area contributed by atoms with Crippen LogP contribution in [0.5, 0.6) is 5.75 Å². The van der Waals surface area contributed by atoms with Crippen molar-refractivity contribution in [1.82, 2.24) is 10.2 Å². The number of ether oxygens (including phenoxy) is 1. The third-order valence-electron chi connectivity index (χ3n) is 5.86. The summed E-state index contributed by atoms with van der Waals surface area (Å²) in [6.07, 6.45) is 0.443. The fourth-order valence-electron chi connectivity index (χ4n) is 3.92. The Bertz CT molecular complexity index is 1120. The van der Waals surface area contributed by atoms with Crippen LogP contribution in [0.2, 0.25) is 0 Å². The number of phenols is 1. The molecule has 0 radical (unpaired) electrons. The molecule has 0 heterocycles. The minimum atomic E-state index is -1.33. The first-order chi connectivity index (χ1) is 16.9. The standard InChI is InChI=1S/C27H35N3O6/c1-16-9-6-7-12-20(16)28-24(33)22(19-11-8-10-17(2)23(19)32)30(18-13-14-18)25(34)21(15-31)29-26(35)36-27(3,4)5/h6-12,18,21-22,31-32H,13-15H2,1-5H3,(H,28,33)(H,29,35). The highest BCUT2D eigenvalue weighted by molar-refractivity contribution is 6.00. The van der Waals surface area contributed by atoms with E-state index in [0.717, 1.165) is 5.56 Å². The van der Waals surface area contributed by atoms with E-state index >= 15 is 0 Å². The average molecular weight is 498 g/mol. The molecular formula is C27H35N3O6. The Morgan fingerprint density at radius 2 is 1.69 bits per heavy atom. The van der Waals surface area contributed by atoms with Crippen molar-refractivity contribution < 1.29 is 29.3 Å². The van der Waals surface area contributed by atoms with Crippen molar-refractivity contribution in [2.75, 3.05) is 11.9 Å². The van der Waals surface area contributed by atoms with Crippen LogP contribution in [0.4, 0.5) is 10.5 Å². The van der Waals surface area contributed by atoms with Gasteiger partial charge < -0.3 is 30.5 Å². The van der Waals surface area contributed by atoms with Crippen LogP contribution in [0, 0.1) is 13.8 Å². The summed E-state index contributed by atoms with van der Waals surface area (Å²) in [4.78, 5) is 41.2. The van der Waals surface area contributed by atoms with Crippen molar-refractivity contribution in [2.24, 2.45) is 0 Å². The molecule has 3 amide bonds. The number of aliphatic hydroxyl groups excluding tert-OH is 1. The highest BCUT2D eigenvalue weighted by atomic mass is 16.6. The van der Waals surface area contributed by atoms with Crippen molar-refractivity contribution in [2.45, 2.75) is 71.2 Å². The van der Waals surface area contributed by atoms with Gasteiger partial charge in [0.05, 0.1) is 6.61 Å². The molecule has 1 saturated carbocycles. The topological polar surface area (TPSA) is 128 Å². The van der Waals surface area contributed by atoms with Gasteiger partial charge in [-0.15, -0.1) is 0 Å². The number of benzene rings is 2. The maximum absolute atomic E-state index is 13.7. The molecule has 0 aromatic heterocycles. The maximum Gasteiger partial charge on any atom is 0.408 e. The first-order valence-corrected chi connectivity index (χ1v) is 12.0. The van der Waals surface area contributed by atoms with E-state index in [4.69, 9.17) is 4.74 Å². The molecule has 0 saturated heterocycles. The number of carbonyl (C=O) groups is 3. The molecule has 2 unspecified atom stereocenters. The number of para-hydroxylation sites is 2. The Morgan fingerprint density at radius 3 is 2.28 bits per heavy atom. The van der Waals surface area contributed by atoms with Crippen LogP contribution in [0.25, 0.3) is 0 Å². The van der Waals surface area contributed by atoms with Gasteiger partial charge in [-0.1, -0.05) is 36.4 Å². The van der Waals surface area contributed by atoms with Gasteiger partial charge in [-0.2, -0.15) is 0 Å². The van der Waals surface area contributed by atoms with Crippen molar-refractivity contribution in [3.05, 3.63) is 59.2 Å². The molecule has 1 aliphatic carbocycles. The number of aryl methyl sites for hydroxylation is 2. The summed E-state index contributed by atoms with van der Waals surface area (Å²) >= 11 is 0. The van der Waals surface area contributed by atoms with E-state index in [1.54, 1.807) is 58.0 Å². The lowest BCUT2D eigenvalue weighted by molar-refractivity contribution is -0.142. The molecule has 1 fully saturated rings. The molecule has 2 aromatic rings. The number of aromatic hydroxyl groups is 1. The van der Waals surface area contributed by atoms with Gasteiger partial charge in [-0.3, -0.25) is 9.59 Å². The Labute approximate surface area is 211 Å². The second-order valence-corrected chi connectivity index (χ2v) is 10.1. The first-order valence-electron chi connectivity index (χ1n) is 12.0. The Hall–Kier alpha value is -3.59. The summed E-state index contributed by atoms with van der Waals surface area (Å²) in [5.74, 6) is -1.25. The largest absolute Gasteiger partial charge is 0.507 e. The summed E-state index contributed by atoms with van der Waals surface area (Å²) in [7, 11) is 0. The summed E-state index contributed by atoms with van der Waals surface area (Å²) in [5.41, 5.74) is 1.42. The van der Waals surface area contributed by atoms with E-state index in [9.17, 15) is 24.6 Å². The highest BCUT2D eigenvalue weighted by Crippen LogP contribution is 2.39. The lowest BCUT2D eigenvalue weighted by Gasteiger charge is -2.34. The van der Waals surface area contributed by atoms with Crippen LogP contribution in [0.15, 0.2) is 42.5 Å². The van der Waals surface area contributed by atoms with Crippen LogP contribution < -0.4 is 10.6 Å². The number of aliphatic hydroxyl groups is 1. The van der Waals surface area contributed by atoms with Crippen molar-refractivity contribution in [1.29, 1.82) is 0 Å². The summed E-state index contributed by atoms with van der Waals surface area (Å²) in [6.45, 7) is 7.93. The van der Waals surface area contributed by atoms with Crippen molar-refractivity contribution >= 4 is 23.6 Å². The number of amides is 3. The van der Waals surface area contributed by atoms with E-state index in [1.807, 2.05) is 19.1 Å². The van der Waals surface area contributed by atoms with Gasteiger partial charge in [0.1, 0.15) is 23.4 Å². The number of alkyl carbamates (subject to hydrolysis) is 1. The predicted molar refractivity (Wildman–Crippen MR) is 136 cm³/mol. The average Bonchev–Trinajstić information content (AvgIpc) is 3.63. The van der Waals surface area contributed by atoms with Crippen LogP contribution >= 0.6 is 0 Å². The summed E-state index contributed by atoms with van der Waals surface area (Å²) < 4.78 is 5.24. The number of anilines is 1. The van der Waals surface area contributed by atoms with E-state index in [-0.39, 0.29) is 17.4 Å². The van der Waals surface area contributed by atoms with Gasteiger partial charge in [-0.25, -0.2) is 4.79 Å². The number of hydrogen-bond acceptors (Lipinski definition) is 6. The zero-order valence-corrected chi connectivity index (χ0v) is 21.4. The van der Waals surface area contributed by atoms with Gasteiger partial charge >= 0.3 is 6.09 Å². The molecular weight excluding hydrogens is 462 g/mol. The van der Waals surface area contributed by atoms with Gasteiger partial charge in [0, 0.05) is 17.3 Å². The lowest BCUT2D eigenvalue weighted by Crippen LogP contribution is -2.54. The normalized spacial score (nSPS) is 14.9. The highest BCUT2D eigenvalue weighted by Gasteiger charge is 2.45. The second-order valence-electron chi connectivity index (χ2n) is 10.1. The molecule has 0 aliphatic heterocycles. The number of carbonyl (C=O) groups excluding carboxylic acids is 3. The van der Waals surface area contributed by atoms with Crippen molar-refractivity contribution in [3.63, 3.8) is 0 Å². The first kappa shape index (κ1) is 27.0. The number of nitrogens with zero attached hydrogens (tertiary/aromatic N) is 1. The third-order valence-corrected chi connectivity index (χ3v) is 5.86. The molecule has 0 bridgehead atoms. The van der Waals surface area contributed by atoms with Crippen LogP contribution in [-0.2, 0) is 14.3 Å². The molecule has 9 nitrogen and oxygen atoms in total.